The molecule has 14 heavy (non-hydrogen) atoms. The van der Waals surface area contributed by atoms with Crippen molar-refractivity contribution in [2.75, 3.05) is 0 Å². The fourth-order valence-corrected chi connectivity index (χ4v) is 1.69. The second-order valence-corrected chi connectivity index (χ2v) is 4.67. The summed E-state index contributed by atoms with van der Waals surface area (Å²) in [6, 6.07) is 7.13. The summed E-state index contributed by atoms with van der Waals surface area (Å²) in [5.41, 5.74) is 1.21. The van der Waals surface area contributed by atoms with Gasteiger partial charge in [0.05, 0.1) is 4.90 Å². The smallest absolute Gasteiger partial charge is 0.168 e. The quantitative estimate of drug-likeness (QED) is 0.777. The van der Waals surface area contributed by atoms with Crippen LogP contribution in [0.3, 0.4) is 0 Å². The zero-order valence-electron chi connectivity index (χ0n) is 8.56. The molecule has 0 N–H and O–H groups in total. The molecule has 1 atom stereocenters. The van der Waals surface area contributed by atoms with E-state index in [4.69, 9.17) is 0 Å². The Bertz CT molecular complexity index is 344. The maximum Gasteiger partial charge on any atom is 0.168 e. The van der Waals surface area contributed by atoms with Crippen LogP contribution in [0, 0.1) is 5.92 Å². The Balaban J connectivity index is 2.73. The first-order valence-electron chi connectivity index (χ1n) is 4.86. The van der Waals surface area contributed by atoms with E-state index in [0.717, 1.165) is 12.8 Å². The van der Waals surface area contributed by atoms with E-state index in [-0.39, 0.29) is 0 Å². The second-order valence-electron chi connectivity index (χ2n) is 3.64. The molecule has 0 radical (unpaired) electrons. The molecule has 0 aromatic heterocycles. The molecule has 0 aliphatic heterocycles. The van der Waals surface area contributed by atoms with Crippen LogP contribution in [0.4, 0.5) is 0 Å². The van der Waals surface area contributed by atoms with Crippen LogP contribution >= 0.6 is 0 Å². The number of rotatable bonds is 4. The van der Waals surface area contributed by atoms with Gasteiger partial charge in [-0.15, -0.1) is 0 Å². The summed E-state index contributed by atoms with van der Waals surface area (Å²) in [5.74, 6) is 0.655. The Labute approximate surface area is 86.9 Å². The minimum atomic E-state index is -2.43. The molecule has 1 rings (SSSR count). The third-order valence-electron chi connectivity index (χ3n) is 2.43. The van der Waals surface area contributed by atoms with Gasteiger partial charge in [0.25, 0.3) is 0 Å². The normalized spacial score (nSPS) is 13.1. The lowest BCUT2D eigenvalue weighted by Gasteiger charge is -2.07. The molecule has 1 aromatic rings. The van der Waals surface area contributed by atoms with Crippen LogP contribution < -0.4 is 0 Å². The monoisotopic (exact) mass is 212 g/mol. The van der Waals surface area contributed by atoms with Crippen LogP contribution in [0.1, 0.15) is 25.8 Å². The van der Waals surface area contributed by atoms with Crippen molar-refractivity contribution in [3.63, 3.8) is 0 Å². The van der Waals surface area contributed by atoms with Crippen molar-refractivity contribution in [3.8, 4) is 0 Å². The summed E-state index contributed by atoms with van der Waals surface area (Å²) < 4.78 is 21.3. The van der Waals surface area contributed by atoms with E-state index in [1.165, 1.54) is 5.56 Å². The maximum absolute atomic E-state index is 10.6. The fourth-order valence-electron chi connectivity index (χ4n) is 1.30. The molecule has 2 nitrogen and oxygen atoms in total. The summed E-state index contributed by atoms with van der Waals surface area (Å²) in [5, 5.41) is 0. The van der Waals surface area contributed by atoms with Crippen LogP contribution in [0.2, 0.25) is 0 Å². The first-order valence-corrected chi connectivity index (χ1v) is 6.04. The lowest BCUT2D eigenvalue weighted by Crippen LogP contribution is -1.97. The van der Waals surface area contributed by atoms with E-state index in [9.17, 15) is 8.42 Å². The van der Waals surface area contributed by atoms with Crippen molar-refractivity contribution >= 4 is 10.7 Å². The molecule has 3 heteroatoms. The topological polar surface area (TPSA) is 34.1 Å². The third-order valence-corrected chi connectivity index (χ3v) is 3.15. The van der Waals surface area contributed by atoms with Gasteiger partial charge in [-0.2, -0.15) is 0 Å². The first-order chi connectivity index (χ1) is 6.63. The van der Waals surface area contributed by atoms with Gasteiger partial charge in [-0.05, 0) is 30.0 Å². The Hall–Kier alpha value is -0.830. The number of benzene rings is 1. The summed E-state index contributed by atoms with van der Waals surface area (Å²) >= 11 is 0. The first kappa shape index (κ1) is 11.2. The molecule has 0 saturated carbocycles. The Morgan fingerprint density at radius 3 is 2.21 bits per heavy atom. The minimum Gasteiger partial charge on any atom is -0.227 e. The Morgan fingerprint density at radius 1 is 1.21 bits per heavy atom. The van der Waals surface area contributed by atoms with Gasteiger partial charge in [0.15, 0.2) is 10.7 Å². The van der Waals surface area contributed by atoms with Crippen molar-refractivity contribution in [3.05, 3.63) is 29.8 Å². The second kappa shape index (κ2) is 5.15. The van der Waals surface area contributed by atoms with Gasteiger partial charge in [0.1, 0.15) is 0 Å². The van der Waals surface area contributed by atoms with Crippen molar-refractivity contribution in [1.29, 1.82) is 0 Å². The highest BCUT2D eigenvalue weighted by atomic mass is 32.2. The van der Waals surface area contributed by atoms with Crippen LogP contribution in [0.5, 0.6) is 0 Å². The van der Waals surface area contributed by atoms with E-state index >= 15 is 0 Å². The van der Waals surface area contributed by atoms with E-state index in [0.29, 0.717) is 10.8 Å². The summed E-state index contributed by atoms with van der Waals surface area (Å²) in [7, 11) is -2.43. The lowest BCUT2D eigenvalue weighted by atomic mass is 9.99. The van der Waals surface area contributed by atoms with E-state index in [2.05, 4.69) is 13.8 Å². The third kappa shape index (κ3) is 3.14. The van der Waals surface area contributed by atoms with Crippen molar-refractivity contribution in [2.24, 2.45) is 5.92 Å². The molecule has 0 heterocycles. The predicted octanol–water partition coefficient (Wildman–Crippen LogP) is 2.25. The molecule has 0 aliphatic carbocycles. The summed E-state index contributed by atoms with van der Waals surface area (Å²) in [4.78, 5) is 0.396. The van der Waals surface area contributed by atoms with Crippen LogP contribution in [0.15, 0.2) is 29.2 Å². The zero-order valence-corrected chi connectivity index (χ0v) is 9.46. The van der Waals surface area contributed by atoms with E-state index in [1.54, 1.807) is 12.1 Å². The van der Waals surface area contributed by atoms with Gasteiger partial charge in [-0.3, -0.25) is 0 Å². The summed E-state index contributed by atoms with van der Waals surface area (Å²) in [6.45, 7) is 4.36. The number of thiol groups is 1. The molecule has 0 aliphatic rings. The van der Waals surface area contributed by atoms with Gasteiger partial charge < -0.3 is 0 Å². The van der Waals surface area contributed by atoms with Gasteiger partial charge in [0, 0.05) is 0 Å². The van der Waals surface area contributed by atoms with Gasteiger partial charge in [-0.25, -0.2) is 8.42 Å². The van der Waals surface area contributed by atoms with Gasteiger partial charge in [-0.1, -0.05) is 32.4 Å². The molecule has 0 saturated heterocycles. The summed E-state index contributed by atoms with van der Waals surface area (Å²) in [6.07, 6.45) is 2.17. The van der Waals surface area contributed by atoms with Crippen molar-refractivity contribution in [1.82, 2.24) is 0 Å². The standard InChI is InChI=1S/C11H16O2S/c1-3-9(2)8-10-4-6-11(7-5-10)14(12)13/h4-7,9,14H,3,8H2,1-2H3. The van der Waals surface area contributed by atoms with Gasteiger partial charge in [0.2, 0.25) is 0 Å². The molecular weight excluding hydrogens is 196 g/mol. The number of hydrogen-bond acceptors (Lipinski definition) is 2. The SMILES string of the molecule is CCC(C)Cc1ccc([SH](=O)=O)cc1. The Morgan fingerprint density at radius 2 is 1.79 bits per heavy atom. The largest absolute Gasteiger partial charge is 0.227 e. The van der Waals surface area contributed by atoms with Crippen molar-refractivity contribution in [2.45, 2.75) is 31.6 Å². The van der Waals surface area contributed by atoms with Crippen molar-refractivity contribution < 1.29 is 8.42 Å². The molecule has 78 valence electrons. The van der Waals surface area contributed by atoms with Crippen LogP contribution in [0.25, 0.3) is 0 Å². The van der Waals surface area contributed by atoms with E-state index in [1.807, 2.05) is 12.1 Å². The molecule has 0 amide bonds. The zero-order chi connectivity index (χ0) is 10.6. The predicted molar refractivity (Wildman–Crippen MR) is 58.2 cm³/mol. The maximum atomic E-state index is 10.6. The molecule has 1 unspecified atom stereocenters. The van der Waals surface area contributed by atoms with Crippen LogP contribution in [-0.2, 0) is 17.1 Å². The highest BCUT2D eigenvalue weighted by Gasteiger charge is 2.01. The molecule has 0 spiro atoms. The number of hydrogen-bond donors (Lipinski definition) is 1. The van der Waals surface area contributed by atoms with Gasteiger partial charge >= 0.3 is 0 Å². The minimum absolute atomic E-state index is 0.396. The molecule has 0 bridgehead atoms. The average Bonchev–Trinajstić information content (AvgIpc) is 2.18. The average molecular weight is 212 g/mol. The van der Waals surface area contributed by atoms with Crippen LogP contribution in [-0.4, -0.2) is 8.42 Å². The fraction of sp³-hybridized carbons (Fsp3) is 0.455. The molecule has 0 fully saturated rings. The lowest BCUT2D eigenvalue weighted by molar-refractivity contribution is 0.560. The Kier molecular flexibility index (Phi) is 4.14. The molecule has 1 aromatic carbocycles. The molecular formula is C11H16O2S. The van der Waals surface area contributed by atoms with E-state index < -0.39 is 10.7 Å². The highest BCUT2D eigenvalue weighted by Crippen LogP contribution is 2.12. The highest BCUT2D eigenvalue weighted by molar-refractivity contribution is 7.72.